The lowest BCUT2D eigenvalue weighted by Crippen LogP contribution is -2.33. The largest absolute Gasteiger partial charge is 0.401 e. The number of benzene rings is 1. The predicted octanol–water partition coefficient (Wildman–Crippen LogP) is 4.01. The molecule has 1 aromatic rings. The Morgan fingerprint density at radius 2 is 2.04 bits per heavy atom. The van der Waals surface area contributed by atoms with Gasteiger partial charge in [-0.1, -0.05) is 35.3 Å². The van der Waals surface area contributed by atoms with E-state index in [2.05, 4.69) is 5.32 Å². The van der Waals surface area contributed by atoms with Crippen LogP contribution in [0.5, 0.6) is 0 Å². The third-order valence-electron chi connectivity index (χ3n) is 2.86. The van der Waals surface area contributed by atoms with Crippen molar-refractivity contribution in [2.45, 2.75) is 12.6 Å². The fraction of sp³-hybridized carbons (Fsp3) is 0.400. The van der Waals surface area contributed by atoms with Crippen LogP contribution >= 0.6 is 23.2 Å². The predicted molar refractivity (Wildman–Crippen MR) is 86.7 cm³/mol. The first-order valence-electron chi connectivity index (χ1n) is 6.84. The number of amides is 1. The lowest BCUT2D eigenvalue weighted by atomic mass is 10.2. The van der Waals surface area contributed by atoms with Crippen molar-refractivity contribution in [2.24, 2.45) is 0 Å². The highest BCUT2D eigenvalue weighted by Crippen LogP contribution is 2.26. The second-order valence-electron chi connectivity index (χ2n) is 4.97. The van der Waals surface area contributed by atoms with Gasteiger partial charge in [-0.15, -0.1) is 0 Å². The van der Waals surface area contributed by atoms with Gasteiger partial charge in [0.05, 0.1) is 16.6 Å². The highest BCUT2D eigenvalue weighted by Gasteiger charge is 2.28. The Labute approximate surface area is 143 Å². The summed E-state index contributed by atoms with van der Waals surface area (Å²) in [6.45, 7) is -0.438. The van der Waals surface area contributed by atoms with E-state index in [1.54, 1.807) is 18.2 Å². The molecule has 0 heterocycles. The Balaban J connectivity index is 2.32. The van der Waals surface area contributed by atoms with Crippen LogP contribution in [0.2, 0.25) is 10.0 Å². The second kappa shape index (κ2) is 9.15. The zero-order valence-corrected chi connectivity index (χ0v) is 14.0. The molecule has 1 aromatic carbocycles. The van der Waals surface area contributed by atoms with Crippen molar-refractivity contribution in [3.05, 3.63) is 39.9 Å². The molecule has 0 saturated carbocycles. The van der Waals surface area contributed by atoms with Crippen LogP contribution in [0.4, 0.5) is 13.2 Å². The van der Waals surface area contributed by atoms with E-state index in [1.165, 1.54) is 19.2 Å². The van der Waals surface area contributed by atoms with E-state index in [0.717, 1.165) is 4.90 Å². The lowest BCUT2D eigenvalue weighted by Gasteiger charge is -2.18. The van der Waals surface area contributed by atoms with Crippen molar-refractivity contribution in [3.63, 3.8) is 0 Å². The molecule has 1 N–H and O–H groups in total. The summed E-state index contributed by atoms with van der Waals surface area (Å²) in [5.74, 6) is -0.348. The number of alkyl halides is 3. The van der Waals surface area contributed by atoms with E-state index in [4.69, 9.17) is 23.2 Å². The standard InChI is InChI=1S/C15H17Cl2F3N2O/c1-22(10-15(18,19)20)9-3-8-21-13(23)7-6-11-4-2-5-12(16)14(11)17/h2,4-7H,3,8-10H2,1H3,(H,21,23)/b7-6+. The van der Waals surface area contributed by atoms with E-state index in [0.29, 0.717) is 22.0 Å². The molecule has 0 aliphatic carbocycles. The van der Waals surface area contributed by atoms with Crippen molar-refractivity contribution in [1.82, 2.24) is 10.2 Å². The summed E-state index contributed by atoms with van der Waals surface area (Å²) in [6.07, 6.45) is -0.961. The fourth-order valence-electron chi connectivity index (χ4n) is 1.82. The van der Waals surface area contributed by atoms with E-state index in [1.807, 2.05) is 0 Å². The Bertz CT molecular complexity index is 562. The minimum atomic E-state index is -4.21. The molecule has 0 spiro atoms. The third-order valence-corrected chi connectivity index (χ3v) is 3.69. The summed E-state index contributed by atoms with van der Waals surface area (Å²) in [4.78, 5) is 12.8. The van der Waals surface area contributed by atoms with Crippen LogP contribution in [0.3, 0.4) is 0 Å². The number of carbonyl (C=O) groups is 1. The SMILES string of the molecule is CN(CCCNC(=O)/C=C/c1cccc(Cl)c1Cl)CC(F)(F)F. The van der Waals surface area contributed by atoms with Gasteiger partial charge in [0.2, 0.25) is 5.91 Å². The number of nitrogens with zero attached hydrogens (tertiary/aromatic N) is 1. The maximum atomic E-state index is 12.1. The van der Waals surface area contributed by atoms with Crippen LogP contribution in [0, 0.1) is 0 Å². The quantitative estimate of drug-likeness (QED) is 0.582. The zero-order chi connectivity index (χ0) is 17.5. The monoisotopic (exact) mass is 368 g/mol. The van der Waals surface area contributed by atoms with Crippen LogP contribution < -0.4 is 5.32 Å². The highest BCUT2D eigenvalue weighted by atomic mass is 35.5. The minimum absolute atomic E-state index is 0.240. The molecule has 0 saturated heterocycles. The Kier molecular flexibility index (Phi) is 7.88. The van der Waals surface area contributed by atoms with Crippen LogP contribution in [-0.4, -0.2) is 43.7 Å². The number of hydrogen-bond donors (Lipinski definition) is 1. The molecule has 0 unspecified atom stereocenters. The molecule has 0 aliphatic heterocycles. The Hall–Kier alpha value is -1.24. The fourth-order valence-corrected chi connectivity index (χ4v) is 2.19. The van der Waals surface area contributed by atoms with Crippen molar-refractivity contribution in [1.29, 1.82) is 0 Å². The van der Waals surface area contributed by atoms with Crippen molar-refractivity contribution >= 4 is 35.2 Å². The van der Waals surface area contributed by atoms with E-state index < -0.39 is 12.7 Å². The number of rotatable bonds is 7. The van der Waals surface area contributed by atoms with Gasteiger partial charge in [0.25, 0.3) is 0 Å². The van der Waals surface area contributed by atoms with Crippen molar-refractivity contribution < 1.29 is 18.0 Å². The molecule has 3 nitrogen and oxygen atoms in total. The average Bonchev–Trinajstić information content (AvgIpc) is 2.43. The number of hydrogen-bond acceptors (Lipinski definition) is 2. The first-order valence-corrected chi connectivity index (χ1v) is 7.60. The smallest absolute Gasteiger partial charge is 0.353 e. The number of carbonyl (C=O) groups excluding carboxylic acids is 1. The summed E-state index contributed by atoms with van der Waals surface area (Å²) in [5.41, 5.74) is 0.610. The van der Waals surface area contributed by atoms with E-state index >= 15 is 0 Å². The van der Waals surface area contributed by atoms with Gasteiger partial charge in [-0.25, -0.2) is 0 Å². The number of nitrogens with one attached hydrogen (secondary N) is 1. The molecule has 0 fully saturated rings. The maximum absolute atomic E-state index is 12.1. The Morgan fingerprint density at radius 1 is 1.35 bits per heavy atom. The molecule has 0 bridgehead atoms. The van der Waals surface area contributed by atoms with Crippen LogP contribution in [0.15, 0.2) is 24.3 Å². The molecule has 0 aliphatic rings. The lowest BCUT2D eigenvalue weighted by molar-refractivity contribution is -0.143. The van der Waals surface area contributed by atoms with Gasteiger partial charge in [0.1, 0.15) is 0 Å². The van der Waals surface area contributed by atoms with Gasteiger partial charge in [-0.2, -0.15) is 13.2 Å². The molecule has 0 radical (unpaired) electrons. The van der Waals surface area contributed by atoms with Gasteiger partial charge in [0.15, 0.2) is 0 Å². The molecule has 128 valence electrons. The first-order chi connectivity index (χ1) is 10.7. The van der Waals surface area contributed by atoms with Crippen molar-refractivity contribution in [3.8, 4) is 0 Å². The molecule has 0 aromatic heterocycles. The minimum Gasteiger partial charge on any atom is -0.353 e. The summed E-state index contributed by atoms with van der Waals surface area (Å²) in [6, 6.07) is 5.06. The molecular weight excluding hydrogens is 352 g/mol. The Morgan fingerprint density at radius 3 is 2.70 bits per heavy atom. The average molecular weight is 369 g/mol. The summed E-state index contributed by atoms with van der Waals surface area (Å²) < 4.78 is 36.4. The molecule has 1 amide bonds. The summed E-state index contributed by atoms with van der Waals surface area (Å²) in [7, 11) is 1.39. The molecule has 23 heavy (non-hydrogen) atoms. The summed E-state index contributed by atoms with van der Waals surface area (Å²) in [5, 5.41) is 3.34. The van der Waals surface area contributed by atoms with Crippen LogP contribution in [0.1, 0.15) is 12.0 Å². The molecule has 0 atom stereocenters. The molecule has 8 heteroatoms. The van der Waals surface area contributed by atoms with Gasteiger partial charge in [0, 0.05) is 12.6 Å². The topological polar surface area (TPSA) is 32.3 Å². The first kappa shape index (κ1) is 19.8. The van der Waals surface area contributed by atoms with E-state index in [9.17, 15) is 18.0 Å². The molecular formula is C15H17Cl2F3N2O. The van der Waals surface area contributed by atoms with E-state index in [-0.39, 0.29) is 19.0 Å². The van der Waals surface area contributed by atoms with Gasteiger partial charge < -0.3 is 5.32 Å². The number of halogens is 5. The third kappa shape index (κ3) is 8.25. The van der Waals surface area contributed by atoms with Crippen LogP contribution in [0.25, 0.3) is 6.08 Å². The van der Waals surface area contributed by atoms with Gasteiger partial charge in [-0.05, 0) is 37.7 Å². The van der Waals surface area contributed by atoms with Crippen LogP contribution in [-0.2, 0) is 4.79 Å². The highest BCUT2D eigenvalue weighted by molar-refractivity contribution is 6.42. The molecule has 1 rings (SSSR count). The summed E-state index contributed by atoms with van der Waals surface area (Å²) >= 11 is 11.8. The maximum Gasteiger partial charge on any atom is 0.401 e. The second-order valence-corrected chi connectivity index (χ2v) is 5.76. The van der Waals surface area contributed by atoms with Gasteiger partial charge >= 0.3 is 6.18 Å². The normalized spacial score (nSPS) is 12.1. The zero-order valence-electron chi connectivity index (χ0n) is 12.5. The van der Waals surface area contributed by atoms with Crippen molar-refractivity contribution in [2.75, 3.05) is 26.7 Å². The van der Waals surface area contributed by atoms with Gasteiger partial charge in [-0.3, -0.25) is 9.69 Å².